The highest BCUT2D eigenvalue weighted by Gasteiger charge is 2.01. The molecule has 0 bridgehead atoms. The summed E-state index contributed by atoms with van der Waals surface area (Å²) in [5, 5.41) is 3.12. The first-order valence-corrected chi connectivity index (χ1v) is 4.59. The van der Waals surface area contributed by atoms with Gasteiger partial charge in [-0.05, 0) is 13.0 Å². The second kappa shape index (κ2) is 7.04. The molecule has 0 rings (SSSR count). The van der Waals surface area contributed by atoms with Crippen molar-refractivity contribution in [3.05, 3.63) is 12.2 Å². The van der Waals surface area contributed by atoms with E-state index in [4.69, 9.17) is 0 Å². The van der Waals surface area contributed by atoms with Crippen LogP contribution in [0.3, 0.4) is 0 Å². The fourth-order valence-corrected chi connectivity index (χ4v) is 0.897. The largest absolute Gasteiger partial charge is 0.317 e. The van der Waals surface area contributed by atoms with Gasteiger partial charge in [0.25, 0.3) is 0 Å². The topological polar surface area (TPSA) is 29.1 Å². The first-order chi connectivity index (χ1) is 5.70. The van der Waals surface area contributed by atoms with Crippen LogP contribution in [0, 0.1) is 0 Å². The number of carbonyl (C=O) groups is 1. The summed E-state index contributed by atoms with van der Waals surface area (Å²) in [6, 6.07) is 0. The summed E-state index contributed by atoms with van der Waals surface area (Å²) < 4.78 is 0. The summed E-state index contributed by atoms with van der Waals surface area (Å²) >= 11 is 0. The summed E-state index contributed by atoms with van der Waals surface area (Å²) in [5.41, 5.74) is 1.04. The van der Waals surface area contributed by atoms with Crippen LogP contribution in [0.1, 0.15) is 33.1 Å². The zero-order valence-electron chi connectivity index (χ0n) is 8.15. The van der Waals surface area contributed by atoms with E-state index in [9.17, 15) is 4.79 Å². The van der Waals surface area contributed by atoms with E-state index in [0.29, 0.717) is 18.6 Å². The van der Waals surface area contributed by atoms with Gasteiger partial charge in [-0.2, -0.15) is 0 Å². The van der Waals surface area contributed by atoms with Crippen LogP contribution in [-0.2, 0) is 4.79 Å². The first-order valence-electron chi connectivity index (χ1n) is 4.59. The minimum Gasteiger partial charge on any atom is -0.317 e. The molecule has 0 spiro atoms. The molecular formula is C10H19NO. The molecule has 2 nitrogen and oxygen atoms in total. The van der Waals surface area contributed by atoms with E-state index < -0.39 is 0 Å². The van der Waals surface area contributed by atoms with Crippen LogP contribution in [0.2, 0.25) is 0 Å². The summed E-state index contributed by atoms with van der Waals surface area (Å²) in [5.74, 6) is 0.294. The van der Waals surface area contributed by atoms with Crippen molar-refractivity contribution in [2.24, 2.45) is 0 Å². The van der Waals surface area contributed by atoms with Gasteiger partial charge >= 0.3 is 0 Å². The number of ketones is 1. The molecule has 0 aromatic carbocycles. The van der Waals surface area contributed by atoms with Gasteiger partial charge in [-0.3, -0.25) is 4.79 Å². The summed E-state index contributed by atoms with van der Waals surface area (Å²) in [4.78, 5) is 11.2. The molecule has 0 saturated carbocycles. The van der Waals surface area contributed by atoms with Crippen molar-refractivity contribution in [3.63, 3.8) is 0 Å². The Morgan fingerprint density at radius 1 is 1.42 bits per heavy atom. The van der Waals surface area contributed by atoms with Gasteiger partial charge in [0.2, 0.25) is 0 Å². The maximum atomic E-state index is 11.2. The second-order valence-electron chi connectivity index (χ2n) is 2.92. The van der Waals surface area contributed by atoms with Crippen LogP contribution in [-0.4, -0.2) is 18.9 Å². The molecule has 0 unspecified atom stereocenters. The van der Waals surface area contributed by atoms with Gasteiger partial charge in [0.1, 0.15) is 5.78 Å². The van der Waals surface area contributed by atoms with Crippen molar-refractivity contribution < 1.29 is 4.79 Å². The van der Waals surface area contributed by atoms with E-state index in [2.05, 4.69) is 11.9 Å². The Balaban J connectivity index is 3.40. The number of Topliss-reactive ketones (excluding diaryl/α,β-unsaturated/α-hetero) is 1. The molecule has 12 heavy (non-hydrogen) atoms. The Kier molecular flexibility index (Phi) is 6.67. The molecule has 0 fully saturated rings. The minimum atomic E-state index is 0.294. The van der Waals surface area contributed by atoms with Crippen molar-refractivity contribution in [1.82, 2.24) is 5.32 Å². The molecule has 0 radical (unpaired) electrons. The summed E-state index contributed by atoms with van der Waals surface area (Å²) in [6.07, 6.45) is 2.10. The van der Waals surface area contributed by atoms with Crippen LogP contribution in [0.4, 0.5) is 0 Å². The molecule has 0 aromatic heterocycles. The lowest BCUT2D eigenvalue weighted by molar-refractivity contribution is -0.118. The molecule has 0 aliphatic carbocycles. The van der Waals surface area contributed by atoms with E-state index in [1.54, 1.807) is 0 Å². The second-order valence-corrected chi connectivity index (χ2v) is 2.92. The molecule has 0 aliphatic heterocycles. The fourth-order valence-electron chi connectivity index (χ4n) is 0.897. The predicted molar refractivity (Wildman–Crippen MR) is 52.2 cm³/mol. The predicted octanol–water partition coefficient (Wildman–Crippen LogP) is 1.91. The van der Waals surface area contributed by atoms with Crippen molar-refractivity contribution >= 4 is 5.78 Å². The third kappa shape index (κ3) is 6.10. The molecule has 0 heterocycles. The molecular weight excluding hydrogens is 150 g/mol. The molecule has 0 aliphatic rings. The van der Waals surface area contributed by atoms with E-state index in [1.165, 1.54) is 0 Å². The highest BCUT2D eigenvalue weighted by molar-refractivity contribution is 5.80. The number of rotatable bonds is 7. The Hall–Kier alpha value is -0.630. The molecule has 0 saturated heterocycles. The SMILES string of the molecule is C=C(CC)CC(=O)CCNCC. The maximum Gasteiger partial charge on any atom is 0.138 e. The molecule has 70 valence electrons. The summed E-state index contributed by atoms with van der Waals surface area (Å²) in [6.45, 7) is 9.60. The normalized spacial score (nSPS) is 9.83. The zero-order valence-corrected chi connectivity index (χ0v) is 8.15. The quantitative estimate of drug-likeness (QED) is 0.466. The van der Waals surface area contributed by atoms with Gasteiger partial charge in [0.05, 0.1) is 0 Å². The Bertz CT molecular complexity index is 152. The van der Waals surface area contributed by atoms with Gasteiger partial charge in [0, 0.05) is 19.4 Å². The van der Waals surface area contributed by atoms with Gasteiger partial charge in [0.15, 0.2) is 0 Å². The monoisotopic (exact) mass is 169 g/mol. The first kappa shape index (κ1) is 11.4. The average Bonchev–Trinajstić information content (AvgIpc) is 2.05. The van der Waals surface area contributed by atoms with Crippen molar-refractivity contribution in [2.75, 3.05) is 13.1 Å². The van der Waals surface area contributed by atoms with E-state index >= 15 is 0 Å². The minimum absolute atomic E-state index is 0.294. The van der Waals surface area contributed by atoms with Crippen molar-refractivity contribution in [1.29, 1.82) is 0 Å². The molecule has 0 amide bonds. The lowest BCUT2D eigenvalue weighted by Crippen LogP contribution is -2.17. The van der Waals surface area contributed by atoms with Gasteiger partial charge < -0.3 is 5.32 Å². The lowest BCUT2D eigenvalue weighted by Gasteiger charge is -2.02. The van der Waals surface area contributed by atoms with Gasteiger partial charge in [-0.1, -0.05) is 26.0 Å². The Morgan fingerprint density at radius 3 is 2.58 bits per heavy atom. The third-order valence-corrected chi connectivity index (χ3v) is 1.78. The zero-order chi connectivity index (χ0) is 9.40. The number of allylic oxidation sites excluding steroid dienone is 1. The molecule has 0 atom stereocenters. The Morgan fingerprint density at radius 2 is 2.08 bits per heavy atom. The van der Waals surface area contributed by atoms with Gasteiger partial charge in [-0.25, -0.2) is 0 Å². The van der Waals surface area contributed by atoms with Gasteiger partial charge in [-0.15, -0.1) is 0 Å². The lowest BCUT2D eigenvalue weighted by atomic mass is 10.1. The number of carbonyl (C=O) groups excluding carboxylic acids is 1. The summed E-state index contributed by atoms with van der Waals surface area (Å²) in [7, 11) is 0. The highest BCUT2D eigenvalue weighted by atomic mass is 16.1. The van der Waals surface area contributed by atoms with Crippen LogP contribution in [0.15, 0.2) is 12.2 Å². The highest BCUT2D eigenvalue weighted by Crippen LogP contribution is 2.04. The number of hydrogen-bond donors (Lipinski definition) is 1. The number of hydrogen-bond acceptors (Lipinski definition) is 2. The van der Waals surface area contributed by atoms with Crippen LogP contribution >= 0.6 is 0 Å². The fraction of sp³-hybridized carbons (Fsp3) is 0.700. The van der Waals surface area contributed by atoms with E-state index in [0.717, 1.165) is 25.1 Å². The van der Waals surface area contributed by atoms with E-state index in [-0.39, 0.29) is 0 Å². The standard InChI is InChI=1S/C10H19NO/c1-4-9(3)8-10(12)6-7-11-5-2/h11H,3-8H2,1-2H3. The van der Waals surface area contributed by atoms with Crippen LogP contribution < -0.4 is 5.32 Å². The van der Waals surface area contributed by atoms with E-state index in [1.807, 2.05) is 13.8 Å². The smallest absolute Gasteiger partial charge is 0.138 e. The van der Waals surface area contributed by atoms with Crippen LogP contribution in [0.5, 0.6) is 0 Å². The maximum absolute atomic E-state index is 11.2. The van der Waals surface area contributed by atoms with Crippen molar-refractivity contribution in [3.8, 4) is 0 Å². The third-order valence-electron chi connectivity index (χ3n) is 1.78. The average molecular weight is 169 g/mol. The molecule has 2 heteroatoms. The van der Waals surface area contributed by atoms with Crippen LogP contribution in [0.25, 0.3) is 0 Å². The number of nitrogens with one attached hydrogen (secondary N) is 1. The molecule has 1 N–H and O–H groups in total. The molecule has 0 aromatic rings. The van der Waals surface area contributed by atoms with Crippen molar-refractivity contribution in [2.45, 2.75) is 33.1 Å². The Labute approximate surface area is 75.0 Å².